The summed E-state index contributed by atoms with van der Waals surface area (Å²) >= 11 is 0. The SMILES string of the molecule is CCCCCNC(=O)C(C)n1cc(CCCN)nn1. The third kappa shape index (κ3) is 5.38. The van der Waals surface area contributed by atoms with E-state index >= 15 is 0 Å². The summed E-state index contributed by atoms with van der Waals surface area (Å²) in [5.74, 6) is -0.00798. The molecule has 1 rings (SSSR count). The molecule has 0 aliphatic heterocycles. The smallest absolute Gasteiger partial charge is 0.244 e. The molecule has 6 heteroatoms. The van der Waals surface area contributed by atoms with Crippen LogP contribution in [-0.4, -0.2) is 34.0 Å². The monoisotopic (exact) mass is 267 g/mol. The number of unbranched alkanes of at least 4 members (excludes halogenated alkanes) is 2. The van der Waals surface area contributed by atoms with Gasteiger partial charge in [0.15, 0.2) is 0 Å². The molecule has 0 bridgehead atoms. The maximum absolute atomic E-state index is 11.9. The molecule has 1 aromatic rings. The van der Waals surface area contributed by atoms with Crippen LogP contribution in [0.3, 0.4) is 0 Å². The molecule has 1 aromatic heterocycles. The number of rotatable bonds is 9. The van der Waals surface area contributed by atoms with Crippen LogP contribution in [0.1, 0.15) is 51.3 Å². The summed E-state index contributed by atoms with van der Waals surface area (Å²) < 4.78 is 1.61. The van der Waals surface area contributed by atoms with Crippen LogP contribution >= 0.6 is 0 Å². The van der Waals surface area contributed by atoms with Crippen molar-refractivity contribution in [3.05, 3.63) is 11.9 Å². The Morgan fingerprint density at radius 2 is 2.26 bits per heavy atom. The number of hydrogen-bond donors (Lipinski definition) is 2. The normalized spacial score (nSPS) is 12.4. The van der Waals surface area contributed by atoms with Crippen LogP contribution in [0, 0.1) is 0 Å². The van der Waals surface area contributed by atoms with E-state index in [1.165, 1.54) is 0 Å². The molecule has 108 valence electrons. The number of nitrogens with zero attached hydrogens (tertiary/aromatic N) is 3. The van der Waals surface area contributed by atoms with E-state index in [-0.39, 0.29) is 11.9 Å². The van der Waals surface area contributed by atoms with Gasteiger partial charge < -0.3 is 11.1 Å². The summed E-state index contributed by atoms with van der Waals surface area (Å²) in [5, 5.41) is 11.0. The van der Waals surface area contributed by atoms with Gasteiger partial charge in [0.1, 0.15) is 6.04 Å². The van der Waals surface area contributed by atoms with E-state index in [2.05, 4.69) is 22.6 Å². The van der Waals surface area contributed by atoms with Gasteiger partial charge in [-0.1, -0.05) is 25.0 Å². The Balaban J connectivity index is 2.40. The number of aromatic nitrogens is 3. The standard InChI is InChI=1S/C13H25N5O/c1-3-4-5-9-15-13(19)11(2)18-10-12(16-17-18)7-6-8-14/h10-11H,3-9,14H2,1-2H3,(H,15,19). The molecule has 0 aliphatic carbocycles. The molecule has 0 aromatic carbocycles. The van der Waals surface area contributed by atoms with Gasteiger partial charge >= 0.3 is 0 Å². The van der Waals surface area contributed by atoms with Crippen molar-refractivity contribution in [2.45, 2.75) is 52.0 Å². The van der Waals surface area contributed by atoms with Gasteiger partial charge in [-0.15, -0.1) is 5.10 Å². The molecular weight excluding hydrogens is 242 g/mol. The predicted molar refractivity (Wildman–Crippen MR) is 74.6 cm³/mol. The zero-order chi connectivity index (χ0) is 14.1. The largest absolute Gasteiger partial charge is 0.354 e. The van der Waals surface area contributed by atoms with Crippen molar-refractivity contribution in [2.24, 2.45) is 5.73 Å². The third-order valence-corrected chi connectivity index (χ3v) is 3.05. The second-order valence-corrected chi connectivity index (χ2v) is 4.76. The van der Waals surface area contributed by atoms with Crippen molar-refractivity contribution in [1.82, 2.24) is 20.3 Å². The molecule has 0 fully saturated rings. The minimum absolute atomic E-state index is 0.00798. The topological polar surface area (TPSA) is 85.8 Å². The highest BCUT2D eigenvalue weighted by atomic mass is 16.2. The second-order valence-electron chi connectivity index (χ2n) is 4.76. The van der Waals surface area contributed by atoms with Crippen LogP contribution in [-0.2, 0) is 11.2 Å². The number of carbonyl (C=O) groups is 1. The molecule has 1 amide bonds. The fourth-order valence-electron chi connectivity index (χ4n) is 1.75. The Labute approximate surface area is 114 Å². The number of nitrogens with two attached hydrogens (primary N) is 1. The van der Waals surface area contributed by atoms with Crippen LogP contribution in [0.15, 0.2) is 6.20 Å². The number of amides is 1. The molecule has 0 saturated carbocycles. The first kappa shape index (κ1) is 15.6. The zero-order valence-electron chi connectivity index (χ0n) is 11.9. The average Bonchev–Trinajstić information content (AvgIpc) is 2.89. The quantitative estimate of drug-likeness (QED) is 0.654. The van der Waals surface area contributed by atoms with E-state index < -0.39 is 0 Å². The molecule has 0 radical (unpaired) electrons. The molecule has 0 aliphatic rings. The van der Waals surface area contributed by atoms with Gasteiger partial charge in [0, 0.05) is 12.7 Å². The lowest BCUT2D eigenvalue weighted by molar-refractivity contribution is -0.124. The molecule has 1 heterocycles. The number of hydrogen-bond acceptors (Lipinski definition) is 4. The van der Waals surface area contributed by atoms with E-state index in [0.29, 0.717) is 6.54 Å². The van der Waals surface area contributed by atoms with Gasteiger partial charge in [-0.05, 0) is 32.7 Å². The van der Waals surface area contributed by atoms with Crippen LogP contribution in [0.5, 0.6) is 0 Å². The molecule has 1 unspecified atom stereocenters. The van der Waals surface area contributed by atoms with Crippen LogP contribution < -0.4 is 11.1 Å². The van der Waals surface area contributed by atoms with Gasteiger partial charge in [-0.3, -0.25) is 4.79 Å². The van der Waals surface area contributed by atoms with Crippen molar-refractivity contribution in [3.8, 4) is 0 Å². The number of aryl methyl sites for hydroxylation is 1. The van der Waals surface area contributed by atoms with Crippen LogP contribution in [0.2, 0.25) is 0 Å². The van der Waals surface area contributed by atoms with Crippen molar-refractivity contribution < 1.29 is 4.79 Å². The first-order chi connectivity index (χ1) is 9.19. The summed E-state index contributed by atoms with van der Waals surface area (Å²) in [5.41, 5.74) is 6.34. The van der Waals surface area contributed by atoms with Gasteiger partial charge in [0.2, 0.25) is 5.91 Å². The zero-order valence-corrected chi connectivity index (χ0v) is 11.9. The van der Waals surface area contributed by atoms with E-state index in [0.717, 1.165) is 44.3 Å². The van der Waals surface area contributed by atoms with E-state index in [1.54, 1.807) is 4.68 Å². The Morgan fingerprint density at radius 1 is 1.47 bits per heavy atom. The molecule has 6 nitrogen and oxygen atoms in total. The first-order valence-electron chi connectivity index (χ1n) is 7.07. The van der Waals surface area contributed by atoms with Gasteiger partial charge in [-0.25, -0.2) is 4.68 Å². The predicted octanol–water partition coefficient (Wildman–Crippen LogP) is 1.04. The number of carbonyl (C=O) groups excluding carboxylic acids is 1. The third-order valence-electron chi connectivity index (χ3n) is 3.05. The summed E-state index contributed by atoms with van der Waals surface area (Å²) in [4.78, 5) is 11.9. The lowest BCUT2D eigenvalue weighted by Crippen LogP contribution is -2.32. The fraction of sp³-hybridized carbons (Fsp3) is 0.769. The van der Waals surface area contributed by atoms with E-state index in [9.17, 15) is 4.79 Å². The van der Waals surface area contributed by atoms with E-state index in [1.807, 2.05) is 13.1 Å². The second kappa shape index (κ2) is 8.63. The van der Waals surface area contributed by atoms with Crippen molar-refractivity contribution >= 4 is 5.91 Å². The highest BCUT2D eigenvalue weighted by Crippen LogP contribution is 2.06. The van der Waals surface area contributed by atoms with Gasteiger partial charge in [0.05, 0.1) is 5.69 Å². The average molecular weight is 267 g/mol. The molecule has 19 heavy (non-hydrogen) atoms. The van der Waals surface area contributed by atoms with Crippen molar-refractivity contribution in [2.75, 3.05) is 13.1 Å². The summed E-state index contributed by atoms with van der Waals surface area (Å²) in [6.07, 6.45) is 6.83. The fourth-order valence-corrected chi connectivity index (χ4v) is 1.75. The summed E-state index contributed by atoms with van der Waals surface area (Å²) in [6.45, 7) is 5.34. The van der Waals surface area contributed by atoms with Crippen LogP contribution in [0.4, 0.5) is 0 Å². The molecule has 0 saturated heterocycles. The Bertz CT molecular complexity index is 377. The minimum atomic E-state index is -0.319. The Morgan fingerprint density at radius 3 is 2.95 bits per heavy atom. The summed E-state index contributed by atoms with van der Waals surface area (Å²) in [7, 11) is 0. The highest BCUT2D eigenvalue weighted by molar-refractivity contribution is 5.79. The highest BCUT2D eigenvalue weighted by Gasteiger charge is 2.15. The van der Waals surface area contributed by atoms with Crippen molar-refractivity contribution in [1.29, 1.82) is 0 Å². The van der Waals surface area contributed by atoms with Crippen molar-refractivity contribution in [3.63, 3.8) is 0 Å². The molecule has 1 atom stereocenters. The minimum Gasteiger partial charge on any atom is -0.354 e. The summed E-state index contributed by atoms with van der Waals surface area (Å²) in [6, 6.07) is -0.319. The first-order valence-corrected chi connectivity index (χ1v) is 7.07. The van der Waals surface area contributed by atoms with Gasteiger partial charge in [-0.2, -0.15) is 0 Å². The maximum atomic E-state index is 11.9. The number of nitrogens with one attached hydrogen (secondary N) is 1. The molecule has 0 spiro atoms. The van der Waals surface area contributed by atoms with Gasteiger partial charge in [0.25, 0.3) is 0 Å². The molecule has 3 N–H and O–H groups in total. The Kier molecular flexibility index (Phi) is 7.10. The Hall–Kier alpha value is -1.43. The van der Waals surface area contributed by atoms with E-state index in [4.69, 9.17) is 5.73 Å². The lowest BCUT2D eigenvalue weighted by atomic mass is 10.2. The van der Waals surface area contributed by atoms with Crippen LogP contribution in [0.25, 0.3) is 0 Å². The lowest BCUT2D eigenvalue weighted by Gasteiger charge is -2.11. The maximum Gasteiger partial charge on any atom is 0.244 e. The molecular formula is C13H25N5O.